The summed E-state index contributed by atoms with van der Waals surface area (Å²) in [5, 5.41) is 0. The summed E-state index contributed by atoms with van der Waals surface area (Å²) in [7, 11) is 1.87. The summed E-state index contributed by atoms with van der Waals surface area (Å²) >= 11 is 0. The molecule has 0 spiro atoms. The van der Waals surface area contributed by atoms with Crippen molar-refractivity contribution in [2.24, 2.45) is 11.3 Å². The van der Waals surface area contributed by atoms with E-state index in [1.54, 1.807) is 0 Å². The monoisotopic (exact) mass is 298 g/mol. The van der Waals surface area contributed by atoms with E-state index >= 15 is 0 Å². The Labute approximate surface area is 117 Å². The van der Waals surface area contributed by atoms with E-state index in [-0.39, 0.29) is 17.1 Å². The van der Waals surface area contributed by atoms with Crippen molar-refractivity contribution in [3.63, 3.8) is 0 Å². The SMILES string of the molecule is CCCCCCOCC(CS(=O)(=O)Cl)C(C)(C)C. The van der Waals surface area contributed by atoms with E-state index in [0.29, 0.717) is 13.2 Å². The summed E-state index contributed by atoms with van der Waals surface area (Å²) in [6, 6.07) is 0. The number of unbranched alkanes of at least 4 members (excludes halogenated alkanes) is 3. The van der Waals surface area contributed by atoms with Crippen LogP contribution in [0.2, 0.25) is 0 Å². The van der Waals surface area contributed by atoms with Crippen molar-refractivity contribution < 1.29 is 13.2 Å². The van der Waals surface area contributed by atoms with Gasteiger partial charge in [-0.15, -0.1) is 0 Å². The van der Waals surface area contributed by atoms with E-state index in [0.717, 1.165) is 6.42 Å². The predicted octanol–water partition coefficient (Wildman–Crippen LogP) is 3.81. The van der Waals surface area contributed by atoms with Crippen LogP contribution in [-0.2, 0) is 13.8 Å². The highest BCUT2D eigenvalue weighted by Crippen LogP contribution is 2.28. The summed E-state index contributed by atoms with van der Waals surface area (Å²) in [5.74, 6) is -0.0845. The Morgan fingerprint density at radius 1 is 1.17 bits per heavy atom. The molecule has 0 aromatic carbocycles. The molecule has 0 aliphatic carbocycles. The number of halogens is 1. The molecule has 0 aliphatic rings. The number of hydrogen-bond acceptors (Lipinski definition) is 3. The maximum Gasteiger partial charge on any atom is 0.232 e. The fraction of sp³-hybridized carbons (Fsp3) is 1.00. The van der Waals surface area contributed by atoms with Crippen LogP contribution in [0.4, 0.5) is 0 Å². The second kappa shape index (κ2) is 8.39. The number of ether oxygens (including phenoxy) is 1. The van der Waals surface area contributed by atoms with Gasteiger partial charge < -0.3 is 4.74 Å². The lowest BCUT2D eigenvalue weighted by Crippen LogP contribution is -2.30. The van der Waals surface area contributed by atoms with Gasteiger partial charge in [0.1, 0.15) is 0 Å². The van der Waals surface area contributed by atoms with Gasteiger partial charge in [0.15, 0.2) is 0 Å². The van der Waals surface area contributed by atoms with Crippen LogP contribution in [0.1, 0.15) is 53.4 Å². The molecule has 0 aromatic heterocycles. The summed E-state index contributed by atoms with van der Waals surface area (Å²) in [4.78, 5) is 0. The third-order valence-corrected chi connectivity index (χ3v) is 4.26. The second-order valence-corrected chi connectivity index (χ2v) is 8.73. The van der Waals surface area contributed by atoms with Crippen molar-refractivity contribution in [2.75, 3.05) is 19.0 Å². The first kappa shape index (κ1) is 18.2. The van der Waals surface area contributed by atoms with Gasteiger partial charge in [0.05, 0.1) is 12.4 Å². The molecule has 0 fully saturated rings. The van der Waals surface area contributed by atoms with Gasteiger partial charge in [0.25, 0.3) is 0 Å². The Kier molecular flexibility index (Phi) is 8.48. The second-order valence-electron chi connectivity index (χ2n) is 5.90. The van der Waals surface area contributed by atoms with Gasteiger partial charge in [-0.05, 0) is 11.8 Å². The number of hydrogen-bond donors (Lipinski definition) is 0. The zero-order valence-corrected chi connectivity index (χ0v) is 13.6. The predicted molar refractivity (Wildman–Crippen MR) is 77.5 cm³/mol. The molecule has 0 bridgehead atoms. The molecule has 1 unspecified atom stereocenters. The molecular weight excluding hydrogens is 272 g/mol. The van der Waals surface area contributed by atoms with Crippen molar-refractivity contribution >= 4 is 19.7 Å². The van der Waals surface area contributed by atoms with Crippen LogP contribution in [0, 0.1) is 11.3 Å². The van der Waals surface area contributed by atoms with Crippen molar-refractivity contribution in [3.8, 4) is 0 Å². The maximum atomic E-state index is 11.2. The molecule has 18 heavy (non-hydrogen) atoms. The Morgan fingerprint density at radius 2 is 1.78 bits per heavy atom. The molecule has 3 nitrogen and oxygen atoms in total. The highest BCUT2D eigenvalue weighted by molar-refractivity contribution is 8.13. The Bertz CT molecular complexity index is 307. The lowest BCUT2D eigenvalue weighted by Gasteiger charge is -2.29. The van der Waals surface area contributed by atoms with Crippen molar-refractivity contribution in [1.82, 2.24) is 0 Å². The van der Waals surface area contributed by atoms with Gasteiger partial charge >= 0.3 is 0 Å². The van der Waals surface area contributed by atoms with Gasteiger partial charge in [-0.3, -0.25) is 0 Å². The average molecular weight is 299 g/mol. The molecule has 0 aromatic rings. The van der Waals surface area contributed by atoms with Crippen LogP contribution in [-0.4, -0.2) is 27.4 Å². The topological polar surface area (TPSA) is 43.4 Å². The zero-order valence-electron chi connectivity index (χ0n) is 12.0. The molecule has 0 heterocycles. The largest absolute Gasteiger partial charge is 0.381 e. The molecule has 0 N–H and O–H groups in total. The summed E-state index contributed by atoms with van der Waals surface area (Å²) in [6.07, 6.45) is 4.64. The molecule has 5 heteroatoms. The zero-order chi connectivity index (χ0) is 14.2. The van der Waals surface area contributed by atoms with Crippen LogP contribution in [0.5, 0.6) is 0 Å². The van der Waals surface area contributed by atoms with E-state index in [1.165, 1.54) is 19.3 Å². The number of rotatable bonds is 9. The van der Waals surface area contributed by atoms with Crippen LogP contribution in [0.3, 0.4) is 0 Å². The summed E-state index contributed by atoms with van der Waals surface area (Å²) < 4.78 is 27.9. The average Bonchev–Trinajstić information content (AvgIpc) is 2.18. The molecule has 0 aliphatic heterocycles. The van der Waals surface area contributed by atoms with Crippen molar-refractivity contribution in [1.29, 1.82) is 0 Å². The summed E-state index contributed by atoms with van der Waals surface area (Å²) in [5.41, 5.74) is -0.120. The minimum Gasteiger partial charge on any atom is -0.381 e. The minimum absolute atomic E-state index is 0.0208. The third kappa shape index (κ3) is 10.2. The third-order valence-electron chi connectivity index (χ3n) is 3.09. The Morgan fingerprint density at radius 3 is 2.22 bits per heavy atom. The van der Waals surface area contributed by atoms with Crippen LogP contribution in [0.15, 0.2) is 0 Å². The molecule has 0 rings (SSSR count). The first-order valence-corrected chi connectivity index (χ1v) is 9.14. The van der Waals surface area contributed by atoms with E-state index in [4.69, 9.17) is 15.4 Å². The molecule has 0 saturated heterocycles. The molecule has 0 radical (unpaired) electrons. The lowest BCUT2D eigenvalue weighted by atomic mass is 9.82. The van der Waals surface area contributed by atoms with Gasteiger partial charge in [-0.2, -0.15) is 0 Å². The fourth-order valence-electron chi connectivity index (χ4n) is 1.64. The van der Waals surface area contributed by atoms with E-state index < -0.39 is 9.05 Å². The van der Waals surface area contributed by atoms with Crippen LogP contribution < -0.4 is 0 Å². The molecule has 0 amide bonds. The van der Waals surface area contributed by atoms with Gasteiger partial charge in [-0.1, -0.05) is 47.0 Å². The molecule has 0 saturated carbocycles. The van der Waals surface area contributed by atoms with Gasteiger partial charge in [0, 0.05) is 23.2 Å². The van der Waals surface area contributed by atoms with E-state index in [1.807, 2.05) is 20.8 Å². The standard InChI is InChI=1S/C13H27ClO3S/c1-5-6-7-8-9-17-10-12(13(2,3)4)11-18(14,15)16/h12H,5-11H2,1-4H3. The first-order chi connectivity index (χ1) is 8.17. The van der Waals surface area contributed by atoms with Crippen LogP contribution >= 0.6 is 10.7 Å². The Balaban J connectivity index is 4.04. The highest BCUT2D eigenvalue weighted by atomic mass is 35.7. The fourth-order valence-corrected chi connectivity index (χ4v) is 3.18. The van der Waals surface area contributed by atoms with Crippen molar-refractivity contribution in [3.05, 3.63) is 0 Å². The maximum absolute atomic E-state index is 11.2. The highest BCUT2D eigenvalue weighted by Gasteiger charge is 2.29. The molecule has 110 valence electrons. The molecular formula is C13H27ClO3S. The van der Waals surface area contributed by atoms with E-state index in [2.05, 4.69) is 6.92 Å². The minimum atomic E-state index is -3.47. The lowest BCUT2D eigenvalue weighted by molar-refractivity contribution is 0.0632. The normalized spacial score (nSPS) is 14.7. The molecule has 1 atom stereocenters. The smallest absolute Gasteiger partial charge is 0.232 e. The van der Waals surface area contributed by atoms with Gasteiger partial charge in [-0.25, -0.2) is 8.42 Å². The quantitative estimate of drug-likeness (QED) is 0.480. The first-order valence-electron chi connectivity index (χ1n) is 6.67. The van der Waals surface area contributed by atoms with Gasteiger partial charge in [0.2, 0.25) is 9.05 Å². The van der Waals surface area contributed by atoms with E-state index in [9.17, 15) is 8.42 Å². The van der Waals surface area contributed by atoms with Crippen molar-refractivity contribution in [2.45, 2.75) is 53.4 Å². The summed E-state index contributed by atoms with van der Waals surface area (Å²) in [6.45, 7) is 9.37. The Hall–Kier alpha value is 0.200. The van der Waals surface area contributed by atoms with Crippen LogP contribution in [0.25, 0.3) is 0 Å².